The second kappa shape index (κ2) is 9.90. The SMILES string of the molecule is CSCC[C@H](N)C(=O)N(C)CCCOc1cccc(S(C)(=O)=O)c1. The number of hydrogen-bond donors (Lipinski definition) is 1. The lowest BCUT2D eigenvalue weighted by Gasteiger charge is -2.21. The first-order valence-corrected chi connectivity index (χ1v) is 11.0. The predicted molar refractivity (Wildman–Crippen MR) is 98.3 cm³/mol. The van der Waals surface area contributed by atoms with E-state index in [0.717, 1.165) is 12.0 Å². The maximum Gasteiger partial charge on any atom is 0.239 e. The number of thioether (sulfide) groups is 1. The maximum absolute atomic E-state index is 12.1. The molecule has 1 aromatic rings. The van der Waals surface area contributed by atoms with Gasteiger partial charge in [-0.2, -0.15) is 11.8 Å². The highest BCUT2D eigenvalue weighted by Gasteiger charge is 2.17. The number of nitrogens with two attached hydrogens (primary N) is 1. The van der Waals surface area contributed by atoms with E-state index in [1.54, 1.807) is 35.8 Å². The van der Waals surface area contributed by atoms with Crippen LogP contribution in [0.15, 0.2) is 29.2 Å². The van der Waals surface area contributed by atoms with E-state index in [4.69, 9.17) is 10.5 Å². The zero-order chi connectivity index (χ0) is 18.2. The van der Waals surface area contributed by atoms with Gasteiger partial charge in [-0.1, -0.05) is 6.07 Å². The molecule has 8 heteroatoms. The summed E-state index contributed by atoms with van der Waals surface area (Å²) in [7, 11) is -1.52. The first-order chi connectivity index (χ1) is 11.3. The predicted octanol–water partition coefficient (Wildman–Crippen LogP) is 1.40. The molecule has 24 heavy (non-hydrogen) atoms. The van der Waals surface area contributed by atoms with E-state index in [-0.39, 0.29) is 10.8 Å². The lowest BCUT2D eigenvalue weighted by atomic mass is 10.2. The van der Waals surface area contributed by atoms with Gasteiger partial charge in [-0.25, -0.2) is 8.42 Å². The summed E-state index contributed by atoms with van der Waals surface area (Å²) in [5, 5.41) is 0. The minimum absolute atomic E-state index is 0.0666. The zero-order valence-electron chi connectivity index (χ0n) is 14.4. The number of benzene rings is 1. The van der Waals surface area contributed by atoms with Crippen molar-refractivity contribution in [2.24, 2.45) is 5.73 Å². The van der Waals surface area contributed by atoms with Crippen molar-refractivity contribution >= 4 is 27.5 Å². The molecule has 0 aliphatic heterocycles. The molecule has 0 spiro atoms. The molecule has 0 aliphatic rings. The molecule has 2 N–H and O–H groups in total. The molecule has 0 unspecified atom stereocenters. The summed E-state index contributed by atoms with van der Waals surface area (Å²) in [4.78, 5) is 13.9. The van der Waals surface area contributed by atoms with Crippen molar-refractivity contribution in [3.63, 3.8) is 0 Å². The Morgan fingerprint density at radius 1 is 1.42 bits per heavy atom. The topological polar surface area (TPSA) is 89.7 Å². The summed E-state index contributed by atoms with van der Waals surface area (Å²) in [5.74, 6) is 1.30. The van der Waals surface area contributed by atoms with Crippen LogP contribution < -0.4 is 10.5 Å². The highest BCUT2D eigenvalue weighted by molar-refractivity contribution is 7.98. The highest BCUT2D eigenvalue weighted by atomic mass is 32.2. The Kier molecular flexibility index (Phi) is 8.58. The number of nitrogens with zero attached hydrogens (tertiary/aromatic N) is 1. The van der Waals surface area contributed by atoms with E-state index in [1.807, 2.05) is 6.26 Å². The molecule has 1 aromatic carbocycles. The van der Waals surface area contributed by atoms with E-state index in [0.29, 0.717) is 31.7 Å². The summed E-state index contributed by atoms with van der Waals surface area (Å²) in [5.41, 5.74) is 5.86. The number of amides is 1. The average molecular weight is 375 g/mol. The Morgan fingerprint density at radius 2 is 2.12 bits per heavy atom. The van der Waals surface area contributed by atoms with Crippen molar-refractivity contribution in [1.82, 2.24) is 4.90 Å². The lowest BCUT2D eigenvalue weighted by molar-refractivity contribution is -0.131. The average Bonchev–Trinajstić information content (AvgIpc) is 2.55. The third-order valence-electron chi connectivity index (χ3n) is 3.47. The van der Waals surface area contributed by atoms with Crippen LogP contribution in [0.4, 0.5) is 0 Å². The number of sulfone groups is 1. The Hall–Kier alpha value is -1.25. The molecule has 0 aliphatic carbocycles. The van der Waals surface area contributed by atoms with Crippen LogP contribution in [-0.2, 0) is 14.6 Å². The molecule has 0 saturated carbocycles. The minimum Gasteiger partial charge on any atom is -0.493 e. The fraction of sp³-hybridized carbons (Fsp3) is 0.562. The molecule has 0 heterocycles. The second-order valence-corrected chi connectivity index (χ2v) is 8.60. The fourth-order valence-electron chi connectivity index (χ4n) is 2.05. The number of hydrogen-bond acceptors (Lipinski definition) is 6. The van der Waals surface area contributed by atoms with Crippen LogP contribution in [-0.4, -0.2) is 63.7 Å². The van der Waals surface area contributed by atoms with Crippen LogP contribution in [0.1, 0.15) is 12.8 Å². The normalized spacial score (nSPS) is 12.7. The van der Waals surface area contributed by atoms with E-state index >= 15 is 0 Å². The molecule has 136 valence electrons. The van der Waals surface area contributed by atoms with Crippen LogP contribution in [0.5, 0.6) is 5.75 Å². The third-order valence-corrected chi connectivity index (χ3v) is 5.22. The zero-order valence-corrected chi connectivity index (χ0v) is 16.0. The van der Waals surface area contributed by atoms with Gasteiger partial charge in [-0.15, -0.1) is 0 Å². The van der Waals surface area contributed by atoms with Crippen molar-refractivity contribution in [2.45, 2.75) is 23.8 Å². The Morgan fingerprint density at radius 3 is 2.75 bits per heavy atom. The molecule has 1 rings (SSSR count). The molecule has 1 amide bonds. The van der Waals surface area contributed by atoms with Crippen LogP contribution in [0.3, 0.4) is 0 Å². The van der Waals surface area contributed by atoms with Gasteiger partial charge >= 0.3 is 0 Å². The van der Waals surface area contributed by atoms with Crippen LogP contribution in [0, 0.1) is 0 Å². The molecule has 0 aromatic heterocycles. The molecule has 6 nitrogen and oxygen atoms in total. The maximum atomic E-state index is 12.1. The van der Waals surface area contributed by atoms with E-state index in [9.17, 15) is 13.2 Å². The van der Waals surface area contributed by atoms with Crippen LogP contribution in [0.2, 0.25) is 0 Å². The fourth-order valence-corrected chi connectivity index (χ4v) is 3.19. The first-order valence-electron chi connectivity index (χ1n) is 7.68. The van der Waals surface area contributed by atoms with Gasteiger partial charge in [0.1, 0.15) is 5.75 Å². The van der Waals surface area contributed by atoms with E-state index in [1.165, 1.54) is 12.1 Å². The second-order valence-electron chi connectivity index (χ2n) is 5.60. The Balaban J connectivity index is 2.39. The van der Waals surface area contributed by atoms with E-state index < -0.39 is 15.9 Å². The van der Waals surface area contributed by atoms with Crippen molar-refractivity contribution < 1.29 is 17.9 Å². The monoisotopic (exact) mass is 374 g/mol. The molecule has 0 fully saturated rings. The lowest BCUT2D eigenvalue weighted by Crippen LogP contribution is -2.42. The summed E-state index contributed by atoms with van der Waals surface area (Å²) >= 11 is 1.67. The molecular weight excluding hydrogens is 348 g/mol. The van der Waals surface area contributed by atoms with Gasteiger partial charge < -0.3 is 15.4 Å². The smallest absolute Gasteiger partial charge is 0.239 e. The molecule has 0 bridgehead atoms. The highest BCUT2D eigenvalue weighted by Crippen LogP contribution is 2.17. The Bertz CT molecular complexity index is 635. The molecular formula is C16H26N2O4S2. The number of rotatable bonds is 10. The first kappa shape index (κ1) is 20.8. The number of ether oxygens (including phenoxy) is 1. The van der Waals surface area contributed by atoms with E-state index in [2.05, 4.69) is 0 Å². The summed E-state index contributed by atoms with van der Waals surface area (Å²) in [6.45, 7) is 0.933. The van der Waals surface area contributed by atoms with Gasteiger partial charge in [0, 0.05) is 19.8 Å². The summed E-state index contributed by atoms with van der Waals surface area (Å²) in [6.07, 6.45) is 4.45. The van der Waals surface area contributed by atoms with Crippen molar-refractivity contribution in [3.8, 4) is 5.75 Å². The van der Waals surface area contributed by atoms with Gasteiger partial charge in [0.05, 0.1) is 17.5 Å². The van der Waals surface area contributed by atoms with Gasteiger partial charge in [0.2, 0.25) is 5.91 Å². The van der Waals surface area contributed by atoms with Crippen LogP contribution >= 0.6 is 11.8 Å². The van der Waals surface area contributed by atoms with Gasteiger partial charge in [-0.3, -0.25) is 4.79 Å². The molecule has 0 saturated heterocycles. The van der Waals surface area contributed by atoms with Gasteiger partial charge in [0.25, 0.3) is 0 Å². The van der Waals surface area contributed by atoms with Crippen molar-refractivity contribution in [2.75, 3.05) is 38.5 Å². The minimum atomic E-state index is -3.25. The third kappa shape index (κ3) is 7.11. The van der Waals surface area contributed by atoms with Crippen molar-refractivity contribution in [1.29, 1.82) is 0 Å². The van der Waals surface area contributed by atoms with Gasteiger partial charge in [0.15, 0.2) is 9.84 Å². The van der Waals surface area contributed by atoms with Crippen molar-refractivity contribution in [3.05, 3.63) is 24.3 Å². The number of carbonyl (C=O) groups excluding carboxylic acids is 1. The summed E-state index contributed by atoms with van der Waals surface area (Å²) in [6, 6.07) is 5.93. The summed E-state index contributed by atoms with van der Waals surface area (Å²) < 4.78 is 28.6. The van der Waals surface area contributed by atoms with Gasteiger partial charge in [-0.05, 0) is 43.0 Å². The standard InChI is InChI=1S/C16H26N2O4S2/c1-18(16(19)15(17)8-11-23-2)9-5-10-22-13-6-4-7-14(12-13)24(3,20)21/h4,6-7,12,15H,5,8-11,17H2,1-3H3/t15-/m0/s1. The van der Waals surface area contributed by atoms with Crippen LogP contribution in [0.25, 0.3) is 0 Å². The molecule has 0 radical (unpaired) electrons. The molecule has 1 atom stereocenters. The Labute approximate surface area is 148 Å². The number of likely N-dealkylation sites (N-methyl/N-ethyl adjacent to an activating group) is 1. The quantitative estimate of drug-likeness (QED) is 0.623. The largest absolute Gasteiger partial charge is 0.493 e. The number of carbonyl (C=O) groups is 1.